The van der Waals surface area contributed by atoms with Crippen molar-refractivity contribution in [2.75, 3.05) is 31.5 Å². The highest BCUT2D eigenvalue weighted by molar-refractivity contribution is 5.98. The molecular formula is C23H31FN4O2. The summed E-state index contributed by atoms with van der Waals surface area (Å²) in [4.78, 5) is 29.1. The SMILES string of the molecule is CCN(CC)CCNC(=O)c1c(C)[nH]c(/C=C(\C)c2cc(F)ccc2NC=O)c1C. The van der Waals surface area contributed by atoms with E-state index in [0.29, 0.717) is 29.8 Å². The number of halogens is 1. The van der Waals surface area contributed by atoms with Crippen molar-refractivity contribution in [2.45, 2.75) is 34.6 Å². The predicted molar refractivity (Wildman–Crippen MR) is 120 cm³/mol. The van der Waals surface area contributed by atoms with Crippen molar-refractivity contribution in [3.05, 3.63) is 52.1 Å². The van der Waals surface area contributed by atoms with Gasteiger partial charge in [0.15, 0.2) is 0 Å². The van der Waals surface area contributed by atoms with Gasteiger partial charge in [0.1, 0.15) is 5.82 Å². The Morgan fingerprint density at radius 2 is 1.93 bits per heavy atom. The number of carbonyl (C=O) groups is 2. The van der Waals surface area contributed by atoms with Gasteiger partial charge in [0.2, 0.25) is 6.41 Å². The van der Waals surface area contributed by atoms with Gasteiger partial charge in [-0.1, -0.05) is 13.8 Å². The first-order valence-corrected chi connectivity index (χ1v) is 10.2. The van der Waals surface area contributed by atoms with Crippen LogP contribution in [0.25, 0.3) is 11.6 Å². The number of aromatic nitrogens is 1. The summed E-state index contributed by atoms with van der Waals surface area (Å²) in [5.74, 6) is -0.498. The molecule has 0 saturated heterocycles. The van der Waals surface area contributed by atoms with Crippen LogP contribution in [0, 0.1) is 19.7 Å². The highest BCUT2D eigenvalue weighted by atomic mass is 19.1. The van der Waals surface area contributed by atoms with E-state index < -0.39 is 0 Å². The summed E-state index contributed by atoms with van der Waals surface area (Å²) in [6, 6.07) is 4.20. The Morgan fingerprint density at radius 1 is 1.23 bits per heavy atom. The number of hydrogen-bond acceptors (Lipinski definition) is 3. The second-order valence-corrected chi connectivity index (χ2v) is 7.23. The number of aromatic amines is 1. The zero-order chi connectivity index (χ0) is 22.3. The number of aryl methyl sites for hydroxylation is 1. The van der Waals surface area contributed by atoms with Crippen molar-refractivity contribution >= 4 is 29.7 Å². The first kappa shape index (κ1) is 23.3. The van der Waals surface area contributed by atoms with Crippen LogP contribution in [0.2, 0.25) is 0 Å². The highest BCUT2D eigenvalue weighted by Crippen LogP contribution is 2.28. The first-order chi connectivity index (χ1) is 14.3. The third-order valence-corrected chi connectivity index (χ3v) is 5.29. The molecule has 0 aliphatic heterocycles. The number of carbonyl (C=O) groups excluding carboxylic acids is 2. The van der Waals surface area contributed by atoms with E-state index in [-0.39, 0.29) is 11.7 Å². The fraction of sp³-hybridized carbons (Fsp3) is 0.391. The third kappa shape index (κ3) is 5.57. The molecule has 30 heavy (non-hydrogen) atoms. The Morgan fingerprint density at radius 3 is 2.57 bits per heavy atom. The molecule has 0 spiro atoms. The van der Waals surface area contributed by atoms with Gasteiger partial charge in [-0.05, 0) is 69.3 Å². The molecule has 3 N–H and O–H groups in total. The molecule has 0 aliphatic carbocycles. The minimum absolute atomic E-state index is 0.111. The van der Waals surface area contributed by atoms with Crippen molar-refractivity contribution in [1.29, 1.82) is 0 Å². The minimum Gasteiger partial charge on any atom is -0.358 e. The molecule has 0 unspecified atom stereocenters. The lowest BCUT2D eigenvalue weighted by Gasteiger charge is -2.18. The lowest BCUT2D eigenvalue weighted by Crippen LogP contribution is -2.35. The van der Waals surface area contributed by atoms with E-state index in [1.165, 1.54) is 18.2 Å². The Labute approximate surface area is 177 Å². The van der Waals surface area contributed by atoms with Crippen LogP contribution in [-0.4, -0.2) is 48.4 Å². The van der Waals surface area contributed by atoms with E-state index in [4.69, 9.17) is 0 Å². The average Bonchev–Trinajstić information content (AvgIpc) is 2.99. The molecule has 0 saturated carbocycles. The van der Waals surface area contributed by atoms with Gasteiger partial charge < -0.3 is 20.5 Å². The molecule has 0 radical (unpaired) electrons. The number of hydrogen-bond donors (Lipinski definition) is 3. The molecule has 6 nitrogen and oxygen atoms in total. The average molecular weight is 415 g/mol. The molecule has 0 aliphatic rings. The van der Waals surface area contributed by atoms with Crippen LogP contribution in [-0.2, 0) is 4.79 Å². The number of allylic oxidation sites excluding steroid dienone is 1. The predicted octanol–water partition coefficient (Wildman–Crippen LogP) is 3.97. The van der Waals surface area contributed by atoms with Gasteiger partial charge in [-0.3, -0.25) is 9.59 Å². The maximum Gasteiger partial charge on any atom is 0.253 e. The molecule has 7 heteroatoms. The van der Waals surface area contributed by atoms with E-state index in [0.717, 1.165) is 42.2 Å². The van der Waals surface area contributed by atoms with Gasteiger partial charge in [0.05, 0.1) is 5.56 Å². The molecule has 162 valence electrons. The van der Waals surface area contributed by atoms with E-state index in [2.05, 4.69) is 34.4 Å². The number of anilines is 1. The number of likely N-dealkylation sites (N-methyl/N-ethyl adjacent to an activating group) is 1. The summed E-state index contributed by atoms with van der Waals surface area (Å²) in [6.07, 6.45) is 2.43. The Kier molecular flexibility index (Phi) is 8.35. The highest BCUT2D eigenvalue weighted by Gasteiger charge is 2.18. The maximum atomic E-state index is 13.8. The van der Waals surface area contributed by atoms with Crippen LogP contribution in [0.15, 0.2) is 18.2 Å². The molecule has 1 aromatic carbocycles. The van der Waals surface area contributed by atoms with Gasteiger partial charge >= 0.3 is 0 Å². The van der Waals surface area contributed by atoms with E-state index in [1.807, 2.05) is 26.8 Å². The largest absolute Gasteiger partial charge is 0.358 e. The number of H-pyrrole nitrogens is 1. The van der Waals surface area contributed by atoms with Gasteiger partial charge in [0.25, 0.3) is 5.91 Å². The van der Waals surface area contributed by atoms with Gasteiger partial charge in [0, 0.05) is 35.7 Å². The monoisotopic (exact) mass is 414 g/mol. The molecule has 1 aromatic heterocycles. The van der Waals surface area contributed by atoms with Crippen molar-refractivity contribution in [2.24, 2.45) is 0 Å². The summed E-state index contributed by atoms with van der Waals surface area (Å²) in [7, 11) is 0. The summed E-state index contributed by atoms with van der Waals surface area (Å²) < 4.78 is 13.8. The Hall–Kier alpha value is -2.93. The number of nitrogens with zero attached hydrogens (tertiary/aromatic N) is 1. The van der Waals surface area contributed by atoms with Crippen molar-refractivity contribution in [1.82, 2.24) is 15.2 Å². The summed E-state index contributed by atoms with van der Waals surface area (Å²) >= 11 is 0. The van der Waals surface area contributed by atoms with Crippen molar-refractivity contribution < 1.29 is 14.0 Å². The molecule has 2 amide bonds. The number of amides is 2. The van der Waals surface area contributed by atoms with E-state index in [1.54, 1.807) is 0 Å². The quantitative estimate of drug-likeness (QED) is 0.515. The number of rotatable bonds is 10. The second kappa shape index (κ2) is 10.7. The third-order valence-electron chi connectivity index (χ3n) is 5.29. The summed E-state index contributed by atoms with van der Waals surface area (Å²) in [5.41, 5.74) is 4.87. The Bertz CT molecular complexity index is 930. The van der Waals surface area contributed by atoms with E-state index >= 15 is 0 Å². The second-order valence-electron chi connectivity index (χ2n) is 7.23. The minimum atomic E-state index is -0.387. The fourth-order valence-electron chi connectivity index (χ4n) is 3.54. The molecule has 0 bridgehead atoms. The van der Waals surface area contributed by atoms with Crippen LogP contribution in [0.1, 0.15) is 53.6 Å². The first-order valence-electron chi connectivity index (χ1n) is 10.2. The van der Waals surface area contributed by atoms with E-state index in [9.17, 15) is 14.0 Å². The van der Waals surface area contributed by atoms with Crippen LogP contribution in [0.3, 0.4) is 0 Å². The van der Waals surface area contributed by atoms with Crippen LogP contribution in [0.4, 0.5) is 10.1 Å². The lowest BCUT2D eigenvalue weighted by molar-refractivity contribution is -0.105. The molecular weight excluding hydrogens is 383 g/mol. The van der Waals surface area contributed by atoms with Gasteiger partial charge in [-0.25, -0.2) is 4.39 Å². The number of nitrogens with one attached hydrogen (secondary N) is 3. The molecule has 1 heterocycles. The smallest absolute Gasteiger partial charge is 0.253 e. The maximum absolute atomic E-state index is 13.8. The molecule has 2 aromatic rings. The topological polar surface area (TPSA) is 77.2 Å². The molecule has 0 atom stereocenters. The zero-order valence-corrected chi connectivity index (χ0v) is 18.4. The van der Waals surface area contributed by atoms with Gasteiger partial charge in [-0.2, -0.15) is 0 Å². The van der Waals surface area contributed by atoms with Crippen LogP contribution < -0.4 is 10.6 Å². The van der Waals surface area contributed by atoms with Gasteiger partial charge in [-0.15, -0.1) is 0 Å². The summed E-state index contributed by atoms with van der Waals surface area (Å²) in [6.45, 7) is 13.1. The standard InChI is InChI=1S/C23H31FN4O2/c1-6-28(7-2)11-10-25-23(30)22-16(4)21(27-17(22)5)12-15(3)19-13-18(24)8-9-20(19)26-14-29/h8-9,12-14,27H,6-7,10-11H2,1-5H3,(H,25,30)(H,26,29)/b15-12+. The molecule has 0 fully saturated rings. The van der Waals surface area contributed by atoms with Crippen molar-refractivity contribution in [3.63, 3.8) is 0 Å². The summed E-state index contributed by atoms with van der Waals surface area (Å²) in [5, 5.41) is 5.59. The Balaban J connectivity index is 2.26. The van der Waals surface area contributed by atoms with Crippen LogP contribution >= 0.6 is 0 Å². The fourth-order valence-corrected chi connectivity index (χ4v) is 3.54. The van der Waals surface area contributed by atoms with Crippen molar-refractivity contribution in [3.8, 4) is 0 Å². The lowest BCUT2D eigenvalue weighted by atomic mass is 10.0. The zero-order valence-electron chi connectivity index (χ0n) is 18.4. The normalized spacial score (nSPS) is 11.6. The number of benzene rings is 1. The van der Waals surface area contributed by atoms with Crippen LogP contribution in [0.5, 0.6) is 0 Å². The molecule has 2 rings (SSSR count).